The van der Waals surface area contributed by atoms with Crippen molar-refractivity contribution in [3.05, 3.63) is 35.1 Å². The van der Waals surface area contributed by atoms with E-state index in [1.807, 2.05) is 0 Å². The van der Waals surface area contributed by atoms with Crippen LogP contribution < -0.4 is 11.1 Å². The minimum absolute atomic E-state index is 0.131. The minimum Gasteiger partial charge on any atom is -0.351 e. The van der Waals surface area contributed by atoms with Crippen molar-refractivity contribution in [2.24, 2.45) is 5.73 Å². The number of hydrogen-bond acceptors (Lipinski definition) is 3. The van der Waals surface area contributed by atoms with E-state index in [9.17, 15) is 13.4 Å². The second-order valence-corrected chi connectivity index (χ2v) is 5.28. The third kappa shape index (κ3) is 5.20. The molecule has 102 valence electrons. The zero-order chi connectivity index (χ0) is 14.3. The van der Waals surface area contributed by atoms with E-state index in [1.54, 1.807) is 6.26 Å². The van der Waals surface area contributed by atoms with Gasteiger partial charge in [0.15, 0.2) is 0 Å². The van der Waals surface area contributed by atoms with Gasteiger partial charge in [0.2, 0.25) is 0 Å². The quantitative estimate of drug-likeness (QED) is 0.777. The Balaban J connectivity index is 2.86. The lowest BCUT2D eigenvalue weighted by Crippen LogP contribution is -2.28. The van der Waals surface area contributed by atoms with E-state index in [2.05, 4.69) is 17.2 Å². The molecule has 1 unspecified atom stereocenters. The second-order valence-electron chi connectivity index (χ2n) is 3.73. The number of amides is 1. The number of nitrogens with one attached hydrogen (secondary N) is 1. The summed E-state index contributed by atoms with van der Waals surface area (Å²) >= 11 is 0. The van der Waals surface area contributed by atoms with Crippen molar-refractivity contribution < 1.29 is 13.4 Å². The highest BCUT2D eigenvalue weighted by Crippen LogP contribution is 2.10. The molecular formula is C13H15FN2O2S. The average Bonchev–Trinajstić information content (AvgIpc) is 2.35. The van der Waals surface area contributed by atoms with Crippen LogP contribution in [0.15, 0.2) is 18.2 Å². The third-order valence-electron chi connectivity index (χ3n) is 2.23. The van der Waals surface area contributed by atoms with Crippen LogP contribution in [0.4, 0.5) is 4.39 Å². The summed E-state index contributed by atoms with van der Waals surface area (Å²) in [6.07, 6.45) is 1.56. The van der Waals surface area contributed by atoms with Crippen molar-refractivity contribution in [3.63, 3.8) is 0 Å². The summed E-state index contributed by atoms with van der Waals surface area (Å²) < 4.78 is 24.0. The van der Waals surface area contributed by atoms with Crippen molar-refractivity contribution in [1.29, 1.82) is 0 Å². The molecule has 0 fully saturated rings. The molecule has 1 rings (SSSR count). The van der Waals surface area contributed by atoms with Gasteiger partial charge in [-0.3, -0.25) is 9.00 Å². The van der Waals surface area contributed by atoms with Crippen molar-refractivity contribution in [3.8, 4) is 11.8 Å². The Bertz CT molecular complexity index is 549. The zero-order valence-electron chi connectivity index (χ0n) is 10.5. The lowest BCUT2D eigenvalue weighted by atomic mass is 10.1. The van der Waals surface area contributed by atoms with Crippen LogP contribution in [0.2, 0.25) is 0 Å². The number of rotatable bonds is 4. The van der Waals surface area contributed by atoms with Crippen LogP contribution in [0.3, 0.4) is 0 Å². The molecule has 0 aliphatic rings. The van der Waals surface area contributed by atoms with Gasteiger partial charge in [0.1, 0.15) is 5.82 Å². The number of halogens is 1. The van der Waals surface area contributed by atoms with E-state index in [0.717, 1.165) is 0 Å². The van der Waals surface area contributed by atoms with Crippen molar-refractivity contribution in [2.75, 3.05) is 25.1 Å². The summed E-state index contributed by atoms with van der Waals surface area (Å²) in [7, 11) is -0.971. The van der Waals surface area contributed by atoms with Gasteiger partial charge in [-0.15, -0.1) is 0 Å². The van der Waals surface area contributed by atoms with Gasteiger partial charge in [-0.1, -0.05) is 11.8 Å². The first-order valence-corrected chi connectivity index (χ1v) is 7.34. The highest BCUT2D eigenvalue weighted by molar-refractivity contribution is 7.84. The van der Waals surface area contributed by atoms with Crippen LogP contribution in [0.25, 0.3) is 0 Å². The van der Waals surface area contributed by atoms with Crippen LogP contribution in [0.1, 0.15) is 15.9 Å². The van der Waals surface area contributed by atoms with Gasteiger partial charge >= 0.3 is 0 Å². The van der Waals surface area contributed by atoms with Crippen LogP contribution in [0, 0.1) is 17.7 Å². The van der Waals surface area contributed by atoms with Gasteiger partial charge in [-0.05, 0) is 18.2 Å². The van der Waals surface area contributed by atoms with Crippen molar-refractivity contribution in [1.82, 2.24) is 5.32 Å². The summed E-state index contributed by atoms with van der Waals surface area (Å²) in [5.74, 6) is 4.78. The lowest BCUT2D eigenvalue weighted by Gasteiger charge is -2.06. The summed E-state index contributed by atoms with van der Waals surface area (Å²) in [4.78, 5) is 11.9. The predicted octanol–water partition coefficient (Wildman–Crippen LogP) is 0.244. The molecule has 1 aromatic rings. The molecule has 0 bridgehead atoms. The van der Waals surface area contributed by atoms with Crippen molar-refractivity contribution >= 4 is 16.7 Å². The first-order chi connectivity index (χ1) is 9.04. The molecule has 0 aliphatic heterocycles. The van der Waals surface area contributed by atoms with E-state index >= 15 is 0 Å². The van der Waals surface area contributed by atoms with Gasteiger partial charge in [0.05, 0.1) is 12.1 Å². The highest BCUT2D eigenvalue weighted by atomic mass is 32.2. The zero-order valence-corrected chi connectivity index (χ0v) is 11.3. The number of hydrogen-bond donors (Lipinski definition) is 2. The van der Waals surface area contributed by atoms with Crippen LogP contribution in [0.5, 0.6) is 0 Å². The fourth-order valence-electron chi connectivity index (χ4n) is 1.37. The molecule has 19 heavy (non-hydrogen) atoms. The van der Waals surface area contributed by atoms with Gasteiger partial charge in [-0.25, -0.2) is 4.39 Å². The van der Waals surface area contributed by atoms with E-state index in [1.165, 1.54) is 18.2 Å². The number of nitrogens with two attached hydrogens (primary N) is 1. The standard InChI is InChI=1S/C13H15FN2O2S/c1-19(18)8-7-16-13(17)12-5-4-11(14)9-10(12)3-2-6-15/h4-5,9H,6-8,15H2,1H3,(H,16,17). The molecule has 0 spiro atoms. The fraction of sp³-hybridized carbons (Fsp3) is 0.308. The average molecular weight is 282 g/mol. The normalized spacial score (nSPS) is 11.3. The topological polar surface area (TPSA) is 72.2 Å². The Hall–Kier alpha value is -1.71. The first-order valence-electron chi connectivity index (χ1n) is 5.61. The molecule has 3 N–H and O–H groups in total. The molecule has 0 aromatic heterocycles. The molecule has 0 radical (unpaired) electrons. The SMILES string of the molecule is CS(=O)CCNC(=O)c1ccc(F)cc1C#CCN. The molecule has 0 heterocycles. The summed E-state index contributed by atoms with van der Waals surface area (Å²) in [5, 5.41) is 2.61. The highest BCUT2D eigenvalue weighted by Gasteiger charge is 2.10. The lowest BCUT2D eigenvalue weighted by molar-refractivity contribution is 0.0956. The largest absolute Gasteiger partial charge is 0.351 e. The molecule has 4 nitrogen and oxygen atoms in total. The van der Waals surface area contributed by atoms with Crippen molar-refractivity contribution in [2.45, 2.75) is 0 Å². The van der Waals surface area contributed by atoms with Gasteiger partial charge in [-0.2, -0.15) is 0 Å². The summed E-state index contributed by atoms with van der Waals surface area (Å²) in [5.41, 5.74) is 5.83. The first kappa shape index (κ1) is 15.3. The van der Waals surface area contributed by atoms with Gasteiger partial charge in [0, 0.05) is 34.9 Å². The number of benzene rings is 1. The number of carbonyl (C=O) groups is 1. The minimum atomic E-state index is -0.971. The maximum Gasteiger partial charge on any atom is 0.252 e. The van der Waals surface area contributed by atoms with E-state index in [0.29, 0.717) is 17.9 Å². The molecule has 6 heteroatoms. The van der Waals surface area contributed by atoms with Gasteiger partial charge < -0.3 is 11.1 Å². The molecule has 0 aliphatic carbocycles. The predicted molar refractivity (Wildman–Crippen MR) is 73.6 cm³/mol. The Morgan fingerprint density at radius 2 is 2.26 bits per heavy atom. The molecule has 1 amide bonds. The van der Waals surface area contributed by atoms with E-state index < -0.39 is 16.6 Å². The monoisotopic (exact) mass is 282 g/mol. The van der Waals surface area contributed by atoms with Crippen LogP contribution in [-0.2, 0) is 10.8 Å². The Kier molecular flexibility index (Phi) is 6.19. The molecule has 0 saturated carbocycles. The molecule has 1 atom stereocenters. The molecular weight excluding hydrogens is 267 g/mol. The maximum atomic E-state index is 13.1. The summed E-state index contributed by atoms with van der Waals surface area (Å²) in [6, 6.07) is 3.75. The maximum absolute atomic E-state index is 13.1. The summed E-state index contributed by atoms with van der Waals surface area (Å²) in [6.45, 7) is 0.426. The van der Waals surface area contributed by atoms with Gasteiger partial charge in [0.25, 0.3) is 5.91 Å². The second kappa shape index (κ2) is 7.67. The Morgan fingerprint density at radius 1 is 1.53 bits per heavy atom. The molecule has 1 aromatic carbocycles. The third-order valence-corrected chi connectivity index (χ3v) is 3.01. The number of carbonyl (C=O) groups excluding carboxylic acids is 1. The fourth-order valence-corrected chi connectivity index (χ4v) is 1.76. The Morgan fingerprint density at radius 3 is 2.89 bits per heavy atom. The van der Waals surface area contributed by atoms with Crippen LogP contribution in [-0.4, -0.2) is 35.2 Å². The van der Waals surface area contributed by atoms with E-state index in [4.69, 9.17) is 5.73 Å². The smallest absolute Gasteiger partial charge is 0.252 e. The molecule has 0 saturated heterocycles. The Labute approximate surface area is 114 Å². The van der Waals surface area contributed by atoms with E-state index in [-0.39, 0.29) is 18.0 Å². The van der Waals surface area contributed by atoms with Crippen LogP contribution >= 0.6 is 0 Å².